The zero-order valence-electron chi connectivity index (χ0n) is 16.7. The van der Waals surface area contributed by atoms with Crippen molar-refractivity contribution < 1.29 is 4.79 Å². The van der Waals surface area contributed by atoms with Crippen LogP contribution in [0.2, 0.25) is 0 Å². The fourth-order valence-electron chi connectivity index (χ4n) is 3.82. The second-order valence-corrected chi connectivity index (χ2v) is 7.67. The van der Waals surface area contributed by atoms with Crippen LogP contribution in [-0.2, 0) is 0 Å². The molecule has 0 spiro atoms. The van der Waals surface area contributed by atoms with Crippen molar-refractivity contribution in [2.45, 2.75) is 19.8 Å². The Morgan fingerprint density at radius 2 is 1.75 bits per heavy atom. The summed E-state index contributed by atoms with van der Waals surface area (Å²) in [7, 11) is 2.14. The molecule has 148 valence electrons. The van der Waals surface area contributed by atoms with E-state index in [-0.39, 0.29) is 5.91 Å². The van der Waals surface area contributed by atoms with Crippen molar-refractivity contribution >= 4 is 23.2 Å². The van der Waals surface area contributed by atoms with Gasteiger partial charge in [-0.2, -0.15) is 0 Å². The molecule has 0 atom stereocenters. The number of amides is 1. The monoisotopic (exact) mass is 380 g/mol. The number of aryl methyl sites for hydroxylation is 1. The second kappa shape index (κ2) is 8.14. The van der Waals surface area contributed by atoms with Crippen molar-refractivity contribution in [1.29, 1.82) is 0 Å². The number of anilines is 3. The van der Waals surface area contributed by atoms with Crippen molar-refractivity contribution in [3.8, 4) is 0 Å². The van der Waals surface area contributed by atoms with Gasteiger partial charge in [0.2, 0.25) is 0 Å². The maximum atomic E-state index is 12.7. The van der Waals surface area contributed by atoms with Crippen LogP contribution in [0.15, 0.2) is 30.5 Å². The number of pyridine rings is 2. The van der Waals surface area contributed by atoms with Crippen LogP contribution in [0, 0.1) is 6.92 Å². The minimum Gasteiger partial charge on any atom is -0.371 e. The van der Waals surface area contributed by atoms with E-state index < -0.39 is 0 Å². The van der Waals surface area contributed by atoms with Crippen LogP contribution in [0.5, 0.6) is 0 Å². The van der Waals surface area contributed by atoms with Crippen molar-refractivity contribution in [2.75, 3.05) is 61.4 Å². The molecule has 2 saturated heterocycles. The second-order valence-electron chi connectivity index (χ2n) is 7.67. The summed E-state index contributed by atoms with van der Waals surface area (Å²) in [5, 5.41) is 2.92. The van der Waals surface area contributed by atoms with Crippen LogP contribution < -0.4 is 15.1 Å². The standard InChI is InChI=1S/C21H28N6O/c1-16-5-6-19(23-20(16)27-13-11-25(2)12-14-27)24-21(28)18-15-17(7-8-22-18)26-9-3-4-10-26/h5-8,15H,3-4,9-14H2,1-2H3,(H,23,24,28). The summed E-state index contributed by atoms with van der Waals surface area (Å²) < 4.78 is 0. The van der Waals surface area contributed by atoms with Crippen LogP contribution in [0.3, 0.4) is 0 Å². The predicted octanol–water partition coefficient (Wildman–Crippen LogP) is 2.39. The molecule has 0 saturated carbocycles. The quantitative estimate of drug-likeness (QED) is 0.879. The van der Waals surface area contributed by atoms with Crippen molar-refractivity contribution in [2.24, 2.45) is 0 Å². The summed E-state index contributed by atoms with van der Waals surface area (Å²) in [6, 6.07) is 7.72. The van der Waals surface area contributed by atoms with Gasteiger partial charge in [0, 0.05) is 51.2 Å². The van der Waals surface area contributed by atoms with Gasteiger partial charge in [-0.3, -0.25) is 9.78 Å². The van der Waals surface area contributed by atoms with E-state index in [0.717, 1.165) is 56.3 Å². The van der Waals surface area contributed by atoms with E-state index in [0.29, 0.717) is 11.5 Å². The Labute approximate surface area is 166 Å². The van der Waals surface area contributed by atoms with Gasteiger partial charge in [0.15, 0.2) is 0 Å². The average molecular weight is 380 g/mol. The first-order chi connectivity index (χ1) is 13.6. The number of hydrogen-bond donors (Lipinski definition) is 1. The molecule has 2 fully saturated rings. The molecule has 7 nitrogen and oxygen atoms in total. The average Bonchev–Trinajstić information content (AvgIpc) is 3.25. The van der Waals surface area contributed by atoms with E-state index in [1.165, 1.54) is 12.8 Å². The molecule has 1 N–H and O–H groups in total. The van der Waals surface area contributed by atoms with Gasteiger partial charge >= 0.3 is 0 Å². The molecule has 7 heteroatoms. The summed E-state index contributed by atoms with van der Waals surface area (Å²) in [6.07, 6.45) is 4.11. The minimum atomic E-state index is -0.221. The number of carbonyl (C=O) groups is 1. The lowest BCUT2D eigenvalue weighted by atomic mass is 10.2. The number of hydrogen-bond acceptors (Lipinski definition) is 6. The van der Waals surface area contributed by atoms with Gasteiger partial charge in [0.05, 0.1) is 0 Å². The van der Waals surface area contributed by atoms with Crippen LogP contribution in [0.1, 0.15) is 28.9 Å². The first-order valence-corrected chi connectivity index (χ1v) is 10.0. The number of aromatic nitrogens is 2. The lowest BCUT2D eigenvalue weighted by Crippen LogP contribution is -2.45. The zero-order valence-corrected chi connectivity index (χ0v) is 16.7. The molecule has 2 aromatic rings. The number of carbonyl (C=O) groups excluding carboxylic acids is 1. The largest absolute Gasteiger partial charge is 0.371 e. The van der Waals surface area contributed by atoms with Gasteiger partial charge in [-0.25, -0.2) is 4.98 Å². The number of piperazine rings is 1. The van der Waals surface area contributed by atoms with Gasteiger partial charge in [0.25, 0.3) is 5.91 Å². The van der Waals surface area contributed by atoms with Crippen molar-refractivity contribution in [3.05, 3.63) is 41.7 Å². The molecule has 2 aliphatic heterocycles. The Morgan fingerprint density at radius 3 is 2.50 bits per heavy atom. The number of rotatable bonds is 4. The van der Waals surface area contributed by atoms with E-state index in [9.17, 15) is 4.79 Å². The number of nitrogens with one attached hydrogen (secondary N) is 1. The maximum Gasteiger partial charge on any atom is 0.275 e. The SMILES string of the molecule is Cc1ccc(NC(=O)c2cc(N3CCCC3)ccn2)nc1N1CCN(C)CC1. The summed E-state index contributed by atoms with van der Waals surface area (Å²) in [5.74, 6) is 1.30. The molecular formula is C21H28N6O. The Bertz CT molecular complexity index is 841. The van der Waals surface area contributed by atoms with Crippen LogP contribution in [0.4, 0.5) is 17.3 Å². The van der Waals surface area contributed by atoms with Crippen molar-refractivity contribution in [1.82, 2.24) is 14.9 Å². The molecule has 0 aliphatic carbocycles. The highest BCUT2D eigenvalue weighted by atomic mass is 16.1. The Hall–Kier alpha value is -2.67. The molecule has 0 aromatic carbocycles. The normalized spacial score (nSPS) is 17.8. The first kappa shape index (κ1) is 18.7. The van der Waals surface area contributed by atoms with Gasteiger partial charge in [0.1, 0.15) is 17.3 Å². The van der Waals surface area contributed by atoms with Crippen LogP contribution in [-0.4, -0.2) is 67.1 Å². The molecule has 2 aliphatic rings. The molecule has 2 aromatic heterocycles. The fourth-order valence-corrected chi connectivity index (χ4v) is 3.82. The van der Waals surface area contributed by atoms with Crippen molar-refractivity contribution in [3.63, 3.8) is 0 Å². The molecule has 0 unspecified atom stereocenters. The Balaban J connectivity index is 1.49. The highest BCUT2D eigenvalue weighted by Gasteiger charge is 2.19. The predicted molar refractivity (Wildman–Crippen MR) is 112 cm³/mol. The zero-order chi connectivity index (χ0) is 19.5. The van der Waals surface area contributed by atoms with E-state index >= 15 is 0 Å². The minimum absolute atomic E-state index is 0.221. The fraction of sp³-hybridized carbons (Fsp3) is 0.476. The molecule has 4 rings (SSSR count). The van der Waals surface area contributed by atoms with Gasteiger partial charge in [-0.05, 0) is 50.6 Å². The third kappa shape index (κ3) is 4.09. The van der Waals surface area contributed by atoms with E-state index in [1.54, 1.807) is 6.20 Å². The summed E-state index contributed by atoms with van der Waals surface area (Å²) >= 11 is 0. The summed E-state index contributed by atoms with van der Waals surface area (Å²) in [4.78, 5) is 28.6. The highest BCUT2D eigenvalue weighted by molar-refractivity contribution is 6.03. The van der Waals surface area contributed by atoms with Crippen LogP contribution >= 0.6 is 0 Å². The first-order valence-electron chi connectivity index (χ1n) is 10.0. The summed E-state index contributed by atoms with van der Waals surface area (Å²) in [6.45, 7) is 8.07. The number of likely N-dealkylation sites (N-methyl/N-ethyl adjacent to an activating group) is 1. The topological polar surface area (TPSA) is 64.6 Å². The van der Waals surface area contributed by atoms with Crippen LogP contribution in [0.25, 0.3) is 0 Å². The third-order valence-electron chi connectivity index (χ3n) is 5.56. The third-order valence-corrected chi connectivity index (χ3v) is 5.56. The van der Waals surface area contributed by atoms with Gasteiger partial charge in [-0.1, -0.05) is 6.07 Å². The molecule has 1 amide bonds. The van der Waals surface area contributed by atoms with E-state index in [1.807, 2.05) is 24.3 Å². The lowest BCUT2D eigenvalue weighted by molar-refractivity contribution is 0.102. The van der Waals surface area contributed by atoms with E-state index in [2.05, 4.69) is 39.0 Å². The van der Waals surface area contributed by atoms with Gasteiger partial charge < -0.3 is 20.0 Å². The highest BCUT2D eigenvalue weighted by Crippen LogP contribution is 2.23. The smallest absolute Gasteiger partial charge is 0.275 e. The summed E-state index contributed by atoms with van der Waals surface area (Å²) in [5.41, 5.74) is 2.61. The molecule has 4 heterocycles. The van der Waals surface area contributed by atoms with Gasteiger partial charge in [-0.15, -0.1) is 0 Å². The maximum absolute atomic E-state index is 12.7. The molecule has 0 radical (unpaired) electrons. The number of nitrogens with zero attached hydrogens (tertiary/aromatic N) is 5. The Morgan fingerprint density at radius 1 is 1.00 bits per heavy atom. The molecule has 28 heavy (non-hydrogen) atoms. The molecule has 0 bridgehead atoms. The lowest BCUT2D eigenvalue weighted by Gasteiger charge is -2.34. The Kier molecular flexibility index (Phi) is 5.43. The van der Waals surface area contributed by atoms with E-state index in [4.69, 9.17) is 4.98 Å². The molecular weight excluding hydrogens is 352 g/mol.